The molecule has 2 fully saturated rings. The fourth-order valence-electron chi connectivity index (χ4n) is 3.63. The van der Waals surface area contributed by atoms with Crippen LogP contribution in [0.25, 0.3) is 0 Å². The molecule has 22 heavy (non-hydrogen) atoms. The number of hydrogen-bond donors (Lipinski definition) is 1. The number of nitrogens with zero attached hydrogens (tertiary/aromatic N) is 2. The van der Waals surface area contributed by atoms with Crippen LogP contribution < -0.4 is 5.73 Å². The minimum absolute atomic E-state index is 0.0335. The zero-order valence-corrected chi connectivity index (χ0v) is 13.9. The Morgan fingerprint density at radius 2 is 2.14 bits per heavy atom. The van der Waals surface area contributed by atoms with E-state index in [9.17, 15) is 14.9 Å². The van der Waals surface area contributed by atoms with Gasteiger partial charge in [0.1, 0.15) is 0 Å². The summed E-state index contributed by atoms with van der Waals surface area (Å²) in [6.07, 6.45) is 2.09. The van der Waals surface area contributed by atoms with Crippen molar-refractivity contribution in [3.63, 3.8) is 0 Å². The lowest BCUT2D eigenvalue weighted by Crippen LogP contribution is -2.33. The van der Waals surface area contributed by atoms with Gasteiger partial charge in [-0.05, 0) is 37.7 Å². The Balaban J connectivity index is 1.86. The van der Waals surface area contributed by atoms with Gasteiger partial charge in [-0.2, -0.15) is 0 Å². The van der Waals surface area contributed by atoms with Crippen LogP contribution in [-0.2, 0) is 0 Å². The summed E-state index contributed by atoms with van der Waals surface area (Å²) in [5, 5.41) is 11.1. The van der Waals surface area contributed by atoms with Gasteiger partial charge in [0.2, 0.25) is 0 Å². The molecule has 3 unspecified atom stereocenters. The normalized spacial score (nSPS) is 27.0. The lowest BCUT2D eigenvalue weighted by atomic mass is 9.98. The maximum atomic E-state index is 12.7. The summed E-state index contributed by atoms with van der Waals surface area (Å²) in [7, 11) is 0. The number of fused-ring (bicyclic) bond motifs is 1. The summed E-state index contributed by atoms with van der Waals surface area (Å²) in [6, 6.07) is 3.21. The van der Waals surface area contributed by atoms with Gasteiger partial charge in [-0.25, -0.2) is 0 Å². The van der Waals surface area contributed by atoms with Crippen molar-refractivity contribution in [2.45, 2.75) is 25.8 Å². The first-order valence-corrected chi connectivity index (χ1v) is 8.17. The third-order valence-electron chi connectivity index (χ3n) is 4.96. The Morgan fingerprint density at radius 3 is 2.77 bits per heavy atom. The molecule has 1 aromatic carbocycles. The smallest absolute Gasteiger partial charge is 0.274 e. The van der Waals surface area contributed by atoms with Crippen LogP contribution in [0.15, 0.2) is 16.6 Å². The first-order chi connectivity index (χ1) is 10.4. The number of nitro benzene ring substituents is 1. The molecule has 1 saturated heterocycles. The molecule has 7 heteroatoms. The summed E-state index contributed by atoms with van der Waals surface area (Å²) in [5.74, 6) is 0.695. The van der Waals surface area contributed by atoms with Crippen molar-refractivity contribution >= 4 is 27.5 Å². The number of carbonyl (C=O) groups excluding carboxylic acids is 1. The van der Waals surface area contributed by atoms with E-state index in [1.165, 1.54) is 6.07 Å². The first-order valence-electron chi connectivity index (χ1n) is 7.38. The number of nitrogens with two attached hydrogens (primary N) is 1. The molecule has 0 bridgehead atoms. The number of amides is 1. The molecule has 3 rings (SSSR count). The molecule has 1 heterocycles. The second-order valence-electron chi connectivity index (χ2n) is 6.23. The topological polar surface area (TPSA) is 89.5 Å². The molecule has 6 nitrogen and oxygen atoms in total. The van der Waals surface area contributed by atoms with Crippen LogP contribution in [0.1, 0.15) is 28.8 Å². The van der Waals surface area contributed by atoms with Crippen LogP contribution in [0.2, 0.25) is 0 Å². The van der Waals surface area contributed by atoms with Gasteiger partial charge in [0, 0.05) is 40.8 Å². The maximum absolute atomic E-state index is 12.7. The molecule has 1 amide bonds. The van der Waals surface area contributed by atoms with Gasteiger partial charge in [-0.1, -0.05) is 15.9 Å². The molecule has 2 aliphatic rings. The van der Waals surface area contributed by atoms with E-state index in [2.05, 4.69) is 15.9 Å². The zero-order valence-electron chi connectivity index (χ0n) is 12.3. The molecule has 118 valence electrons. The number of rotatable bonds is 2. The SMILES string of the molecule is Cc1c(Br)cc(C(=O)N2CC3CCC(N)C3C2)cc1[N+](=O)[O-]. The van der Waals surface area contributed by atoms with Gasteiger partial charge in [0.15, 0.2) is 0 Å². The highest BCUT2D eigenvalue weighted by atomic mass is 79.9. The molecule has 0 spiro atoms. The Kier molecular flexibility index (Phi) is 3.94. The number of likely N-dealkylation sites (tertiary alicyclic amines) is 1. The highest BCUT2D eigenvalue weighted by Gasteiger charge is 2.42. The summed E-state index contributed by atoms with van der Waals surface area (Å²) >= 11 is 3.31. The predicted molar refractivity (Wildman–Crippen MR) is 85.6 cm³/mol. The van der Waals surface area contributed by atoms with E-state index in [1.807, 2.05) is 0 Å². The van der Waals surface area contributed by atoms with Crippen LogP contribution in [0.3, 0.4) is 0 Å². The van der Waals surface area contributed by atoms with Crippen LogP contribution in [0.5, 0.6) is 0 Å². The van der Waals surface area contributed by atoms with Gasteiger partial charge in [-0.3, -0.25) is 14.9 Å². The fraction of sp³-hybridized carbons (Fsp3) is 0.533. The molecule has 0 radical (unpaired) electrons. The van der Waals surface area contributed by atoms with Gasteiger partial charge >= 0.3 is 0 Å². The Bertz CT molecular complexity index is 649. The summed E-state index contributed by atoms with van der Waals surface area (Å²) in [4.78, 5) is 25.1. The highest BCUT2D eigenvalue weighted by molar-refractivity contribution is 9.10. The summed E-state index contributed by atoms with van der Waals surface area (Å²) in [6.45, 7) is 3.02. The standard InChI is InChI=1S/C15H18BrN3O3/c1-8-12(16)4-10(5-14(8)19(21)22)15(20)18-6-9-2-3-13(17)11(9)7-18/h4-5,9,11,13H,2-3,6-7,17H2,1H3. The number of benzene rings is 1. The quantitative estimate of drug-likeness (QED) is 0.642. The average molecular weight is 368 g/mol. The van der Waals surface area contributed by atoms with E-state index in [0.29, 0.717) is 40.5 Å². The van der Waals surface area contributed by atoms with Crippen LogP contribution in [0, 0.1) is 28.9 Å². The van der Waals surface area contributed by atoms with E-state index in [1.54, 1.807) is 17.9 Å². The lowest BCUT2D eigenvalue weighted by molar-refractivity contribution is -0.385. The minimum atomic E-state index is -0.453. The number of nitro groups is 1. The van der Waals surface area contributed by atoms with Crippen molar-refractivity contribution in [2.75, 3.05) is 13.1 Å². The average Bonchev–Trinajstić information content (AvgIpc) is 3.03. The van der Waals surface area contributed by atoms with Gasteiger partial charge < -0.3 is 10.6 Å². The van der Waals surface area contributed by atoms with E-state index >= 15 is 0 Å². The van der Waals surface area contributed by atoms with Crippen molar-refractivity contribution in [1.29, 1.82) is 0 Å². The van der Waals surface area contributed by atoms with Gasteiger partial charge in [-0.15, -0.1) is 0 Å². The van der Waals surface area contributed by atoms with Crippen molar-refractivity contribution < 1.29 is 9.72 Å². The van der Waals surface area contributed by atoms with Crippen molar-refractivity contribution in [3.8, 4) is 0 Å². The van der Waals surface area contributed by atoms with E-state index in [4.69, 9.17) is 5.73 Å². The maximum Gasteiger partial charge on any atom is 0.274 e. The summed E-state index contributed by atoms with van der Waals surface area (Å²) < 4.78 is 0.584. The molecule has 3 atom stereocenters. The molecule has 1 aliphatic heterocycles. The molecular weight excluding hydrogens is 350 g/mol. The third-order valence-corrected chi connectivity index (χ3v) is 5.78. The van der Waals surface area contributed by atoms with E-state index < -0.39 is 4.92 Å². The van der Waals surface area contributed by atoms with Gasteiger partial charge in [0.05, 0.1) is 4.92 Å². The molecule has 1 saturated carbocycles. The van der Waals surface area contributed by atoms with Crippen molar-refractivity contribution in [3.05, 3.63) is 37.8 Å². The molecule has 0 aromatic heterocycles. The largest absolute Gasteiger partial charge is 0.338 e. The Morgan fingerprint density at radius 1 is 1.41 bits per heavy atom. The monoisotopic (exact) mass is 367 g/mol. The lowest BCUT2D eigenvalue weighted by Gasteiger charge is -2.19. The highest BCUT2D eigenvalue weighted by Crippen LogP contribution is 2.38. The molecule has 1 aromatic rings. The first kappa shape index (κ1) is 15.4. The predicted octanol–water partition coefficient (Wildman–Crippen LogP) is 2.48. The van der Waals surface area contributed by atoms with Crippen LogP contribution in [-0.4, -0.2) is 34.9 Å². The Hall–Kier alpha value is -1.47. The molecule has 2 N–H and O–H groups in total. The van der Waals surface area contributed by atoms with Crippen molar-refractivity contribution in [1.82, 2.24) is 4.90 Å². The minimum Gasteiger partial charge on any atom is -0.338 e. The third kappa shape index (κ3) is 2.52. The van der Waals surface area contributed by atoms with E-state index in [0.717, 1.165) is 12.8 Å². The number of halogens is 1. The van der Waals surface area contributed by atoms with Crippen LogP contribution >= 0.6 is 15.9 Å². The van der Waals surface area contributed by atoms with Crippen molar-refractivity contribution in [2.24, 2.45) is 17.6 Å². The zero-order chi connectivity index (χ0) is 16.0. The Labute approximate surface area is 136 Å². The van der Waals surface area contributed by atoms with Crippen LogP contribution in [0.4, 0.5) is 5.69 Å². The van der Waals surface area contributed by atoms with Gasteiger partial charge in [0.25, 0.3) is 11.6 Å². The number of carbonyl (C=O) groups is 1. The fourth-order valence-corrected chi connectivity index (χ4v) is 4.08. The molecular formula is C15H18BrN3O3. The molecule has 1 aliphatic carbocycles. The second kappa shape index (κ2) is 5.62. The van der Waals surface area contributed by atoms with E-state index in [-0.39, 0.29) is 17.6 Å². The summed E-state index contributed by atoms with van der Waals surface area (Å²) in [5.41, 5.74) is 6.95. The second-order valence-corrected chi connectivity index (χ2v) is 7.09. The number of hydrogen-bond acceptors (Lipinski definition) is 4.